The molecular weight excluding hydrogens is 302 g/mol. The standard InChI is InChI=1S/C20H23NO3/c1-3-23-18-12-10-15(13-19(18)24-4-2)20(22)21-17-11-9-14-7-5-6-8-16(14)17/h5-8,10,12-13,17H,3-4,9,11H2,1-2H3,(H,21,22)/t17-/m1/s1. The first-order chi connectivity index (χ1) is 11.7. The lowest BCUT2D eigenvalue weighted by molar-refractivity contribution is 0.0936. The number of amides is 1. The van der Waals surface area contributed by atoms with Crippen LogP contribution >= 0.6 is 0 Å². The molecule has 1 N–H and O–H groups in total. The first-order valence-electron chi connectivity index (χ1n) is 8.51. The molecule has 0 saturated carbocycles. The lowest BCUT2D eigenvalue weighted by atomic mass is 10.1. The minimum Gasteiger partial charge on any atom is -0.490 e. The van der Waals surface area contributed by atoms with Crippen LogP contribution in [0.1, 0.15) is 47.8 Å². The summed E-state index contributed by atoms with van der Waals surface area (Å²) in [6.45, 7) is 4.93. The Kier molecular flexibility index (Phi) is 5.04. The third-order valence-corrected chi connectivity index (χ3v) is 4.24. The first kappa shape index (κ1) is 16.4. The molecule has 0 heterocycles. The van der Waals surface area contributed by atoms with Crippen molar-refractivity contribution in [2.75, 3.05) is 13.2 Å². The Hall–Kier alpha value is -2.49. The topological polar surface area (TPSA) is 47.6 Å². The summed E-state index contributed by atoms with van der Waals surface area (Å²) in [5.74, 6) is 1.20. The van der Waals surface area contributed by atoms with Crippen molar-refractivity contribution in [1.29, 1.82) is 0 Å². The fourth-order valence-electron chi connectivity index (χ4n) is 3.14. The third kappa shape index (κ3) is 3.37. The van der Waals surface area contributed by atoms with Gasteiger partial charge in [0, 0.05) is 5.56 Å². The molecule has 2 aromatic rings. The van der Waals surface area contributed by atoms with Crippen LogP contribution in [0.5, 0.6) is 11.5 Å². The van der Waals surface area contributed by atoms with E-state index in [1.54, 1.807) is 18.2 Å². The summed E-state index contributed by atoms with van der Waals surface area (Å²) in [6.07, 6.45) is 1.95. The van der Waals surface area contributed by atoms with Crippen molar-refractivity contribution in [2.24, 2.45) is 0 Å². The predicted molar refractivity (Wildman–Crippen MR) is 93.8 cm³/mol. The highest BCUT2D eigenvalue weighted by atomic mass is 16.5. The van der Waals surface area contributed by atoms with E-state index >= 15 is 0 Å². The van der Waals surface area contributed by atoms with E-state index < -0.39 is 0 Å². The van der Waals surface area contributed by atoms with E-state index in [9.17, 15) is 4.79 Å². The second-order valence-electron chi connectivity index (χ2n) is 5.79. The summed E-state index contributed by atoms with van der Waals surface area (Å²) in [4.78, 5) is 12.6. The van der Waals surface area contributed by atoms with Gasteiger partial charge in [-0.15, -0.1) is 0 Å². The molecule has 4 heteroatoms. The number of carbonyl (C=O) groups excluding carboxylic acids is 1. The number of rotatable bonds is 6. The van der Waals surface area contributed by atoms with Crippen LogP contribution in [0.4, 0.5) is 0 Å². The number of benzene rings is 2. The van der Waals surface area contributed by atoms with E-state index in [4.69, 9.17) is 9.47 Å². The first-order valence-corrected chi connectivity index (χ1v) is 8.51. The van der Waals surface area contributed by atoms with Crippen molar-refractivity contribution in [3.8, 4) is 11.5 Å². The van der Waals surface area contributed by atoms with Crippen LogP contribution in [0.15, 0.2) is 42.5 Å². The molecule has 0 aliphatic heterocycles. The van der Waals surface area contributed by atoms with Gasteiger partial charge >= 0.3 is 0 Å². The Morgan fingerprint density at radius 3 is 2.62 bits per heavy atom. The van der Waals surface area contributed by atoms with Crippen molar-refractivity contribution >= 4 is 5.91 Å². The van der Waals surface area contributed by atoms with Crippen LogP contribution in [0.25, 0.3) is 0 Å². The quantitative estimate of drug-likeness (QED) is 0.876. The summed E-state index contributed by atoms with van der Waals surface area (Å²) >= 11 is 0. The van der Waals surface area contributed by atoms with Crippen molar-refractivity contribution in [3.05, 3.63) is 59.2 Å². The Labute approximate surface area is 142 Å². The van der Waals surface area contributed by atoms with E-state index in [0.717, 1.165) is 12.8 Å². The minimum atomic E-state index is -0.0827. The van der Waals surface area contributed by atoms with Crippen LogP contribution < -0.4 is 14.8 Å². The minimum absolute atomic E-state index is 0.0795. The summed E-state index contributed by atoms with van der Waals surface area (Å²) in [6, 6.07) is 13.7. The molecule has 0 fully saturated rings. The summed E-state index contributed by atoms with van der Waals surface area (Å²) in [7, 11) is 0. The van der Waals surface area contributed by atoms with Crippen molar-refractivity contribution in [3.63, 3.8) is 0 Å². The average molecular weight is 325 g/mol. The van der Waals surface area contributed by atoms with Gasteiger partial charge in [-0.1, -0.05) is 24.3 Å². The van der Waals surface area contributed by atoms with Gasteiger partial charge < -0.3 is 14.8 Å². The van der Waals surface area contributed by atoms with Gasteiger partial charge in [-0.25, -0.2) is 0 Å². The number of carbonyl (C=O) groups is 1. The van der Waals surface area contributed by atoms with Gasteiger partial charge in [0.2, 0.25) is 0 Å². The molecule has 0 unspecified atom stereocenters. The van der Waals surface area contributed by atoms with Crippen LogP contribution in [-0.2, 0) is 6.42 Å². The number of nitrogens with one attached hydrogen (secondary N) is 1. The molecule has 4 nitrogen and oxygen atoms in total. The van der Waals surface area contributed by atoms with Gasteiger partial charge in [-0.05, 0) is 56.0 Å². The molecular formula is C20H23NO3. The summed E-state index contributed by atoms with van der Waals surface area (Å²) in [5.41, 5.74) is 3.14. The maximum absolute atomic E-state index is 12.6. The maximum Gasteiger partial charge on any atom is 0.251 e. The van der Waals surface area contributed by atoms with Gasteiger partial charge in [0.15, 0.2) is 11.5 Å². The molecule has 0 aromatic heterocycles. The summed E-state index contributed by atoms with van der Waals surface area (Å²) < 4.78 is 11.1. The zero-order chi connectivity index (χ0) is 16.9. The number of aryl methyl sites for hydroxylation is 1. The normalized spacial score (nSPS) is 15.7. The molecule has 0 radical (unpaired) electrons. The Bertz CT molecular complexity index is 727. The summed E-state index contributed by atoms with van der Waals surface area (Å²) in [5, 5.41) is 3.14. The third-order valence-electron chi connectivity index (χ3n) is 4.24. The average Bonchev–Trinajstić information content (AvgIpc) is 3.00. The SMILES string of the molecule is CCOc1ccc(C(=O)N[C@@H]2CCc3ccccc32)cc1OCC. The fraction of sp³-hybridized carbons (Fsp3) is 0.350. The lowest BCUT2D eigenvalue weighted by Crippen LogP contribution is -2.27. The van der Waals surface area contributed by atoms with E-state index in [1.165, 1.54) is 11.1 Å². The highest BCUT2D eigenvalue weighted by Crippen LogP contribution is 2.32. The van der Waals surface area contributed by atoms with Crippen molar-refractivity contribution < 1.29 is 14.3 Å². The predicted octanol–water partition coefficient (Wildman–Crippen LogP) is 3.90. The molecule has 0 spiro atoms. The zero-order valence-corrected chi connectivity index (χ0v) is 14.2. The van der Waals surface area contributed by atoms with Crippen molar-refractivity contribution in [2.45, 2.75) is 32.7 Å². The van der Waals surface area contributed by atoms with Crippen LogP contribution in [0.2, 0.25) is 0 Å². The molecule has 2 aromatic carbocycles. The number of fused-ring (bicyclic) bond motifs is 1. The number of hydrogen-bond acceptors (Lipinski definition) is 3. The zero-order valence-electron chi connectivity index (χ0n) is 14.2. The fourth-order valence-corrected chi connectivity index (χ4v) is 3.14. The molecule has 0 saturated heterocycles. The second kappa shape index (κ2) is 7.39. The van der Waals surface area contributed by atoms with Gasteiger partial charge in [-0.3, -0.25) is 4.79 Å². The molecule has 1 atom stereocenters. The smallest absolute Gasteiger partial charge is 0.251 e. The number of hydrogen-bond donors (Lipinski definition) is 1. The van der Waals surface area contributed by atoms with Gasteiger partial charge in [0.05, 0.1) is 19.3 Å². The van der Waals surface area contributed by atoms with Crippen molar-refractivity contribution in [1.82, 2.24) is 5.32 Å². The highest BCUT2D eigenvalue weighted by Gasteiger charge is 2.24. The van der Waals surface area contributed by atoms with E-state index in [-0.39, 0.29) is 11.9 Å². The molecule has 126 valence electrons. The molecule has 1 amide bonds. The van der Waals surface area contributed by atoms with E-state index in [2.05, 4.69) is 17.4 Å². The second-order valence-corrected chi connectivity index (χ2v) is 5.79. The van der Waals surface area contributed by atoms with Crippen LogP contribution in [0, 0.1) is 0 Å². The number of ether oxygens (including phenoxy) is 2. The van der Waals surface area contributed by atoms with Gasteiger partial charge in [-0.2, -0.15) is 0 Å². The maximum atomic E-state index is 12.6. The van der Waals surface area contributed by atoms with Crippen LogP contribution in [-0.4, -0.2) is 19.1 Å². The van der Waals surface area contributed by atoms with Crippen LogP contribution in [0.3, 0.4) is 0 Å². The Morgan fingerprint density at radius 2 is 1.83 bits per heavy atom. The van der Waals surface area contributed by atoms with Gasteiger partial charge in [0.1, 0.15) is 0 Å². The largest absolute Gasteiger partial charge is 0.490 e. The monoisotopic (exact) mass is 325 g/mol. The molecule has 1 aliphatic rings. The molecule has 3 rings (SSSR count). The van der Waals surface area contributed by atoms with E-state index in [1.807, 2.05) is 26.0 Å². The molecule has 0 bridgehead atoms. The molecule has 24 heavy (non-hydrogen) atoms. The Balaban J connectivity index is 1.77. The van der Waals surface area contributed by atoms with E-state index in [0.29, 0.717) is 30.3 Å². The lowest BCUT2D eigenvalue weighted by Gasteiger charge is -2.16. The Morgan fingerprint density at radius 1 is 1.08 bits per heavy atom. The van der Waals surface area contributed by atoms with Gasteiger partial charge in [0.25, 0.3) is 5.91 Å². The highest BCUT2D eigenvalue weighted by molar-refractivity contribution is 5.95. The molecule has 1 aliphatic carbocycles.